The van der Waals surface area contributed by atoms with E-state index in [0.29, 0.717) is 15.7 Å². The summed E-state index contributed by atoms with van der Waals surface area (Å²) in [6, 6.07) is 12.2. The normalized spacial score (nSPS) is 10.2. The smallest absolute Gasteiger partial charge is 0.310 e. The molecule has 0 unspecified atom stereocenters. The highest BCUT2D eigenvalue weighted by molar-refractivity contribution is 6.36. The number of carbonyl (C=O) groups excluding carboxylic acids is 2. The number of hydrogen-bond donors (Lipinski definition) is 1. The summed E-state index contributed by atoms with van der Waals surface area (Å²) in [5, 5.41) is 3.34. The van der Waals surface area contributed by atoms with Crippen LogP contribution in [-0.2, 0) is 20.7 Å². The quantitative estimate of drug-likeness (QED) is 0.827. The van der Waals surface area contributed by atoms with Crippen LogP contribution in [0.4, 0.5) is 5.69 Å². The van der Waals surface area contributed by atoms with Gasteiger partial charge in [0.2, 0.25) is 0 Å². The molecule has 1 amide bonds. The van der Waals surface area contributed by atoms with Gasteiger partial charge in [-0.05, 0) is 30.7 Å². The largest absolute Gasteiger partial charge is 0.455 e. The number of amides is 1. The molecule has 0 heterocycles. The predicted molar refractivity (Wildman–Crippen MR) is 90.9 cm³/mol. The van der Waals surface area contributed by atoms with Gasteiger partial charge in [0.05, 0.1) is 17.1 Å². The average molecular weight is 352 g/mol. The van der Waals surface area contributed by atoms with Crippen LogP contribution in [0.1, 0.15) is 11.1 Å². The molecule has 2 aromatic carbocycles. The Bertz CT molecular complexity index is 714. The Balaban J connectivity index is 1.81. The van der Waals surface area contributed by atoms with E-state index >= 15 is 0 Å². The van der Waals surface area contributed by atoms with E-state index in [9.17, 15) is 9.59 Å². The lowest BCUT2D eigenvalue weighted by Gasteiger charge is -2.08. The monoisotopic (exact) mass is 351 g/mol. The van der Waals surface area contributed by atoms with Gasteiger partial charge < -0.3 is 10.1 Å². The molecule has 0 aliphatic heterocycles. The van der Waals surface area contributed by atoms with E-state index in [1.54, 1.807) is 12.1 Å². The van der Waals surface area contributed by atoms with Crippen LogP contribution < -0.4 is 5.32 Å². The van der Waals surface area contributed by atoms with Gasteiger partial charge in [-0.3, -0.25) is 9.59 Å². The molecule has 0 saturated heterocycles. The standard InChI is InChI=1S/C17H15Cl2NO3/c1-11-2-4-12(5-3-11)8-17(22)23-10-16(21)20-15-7-6-13(18)9-14(15)19/h2-7,9H,8,10H2,1H3,(H,20,21). The van der Waals surface area contributed by atoms with Gasteiger partial charge in [-0.15, -0.1) is 0 Å². The molecule has 2 aromatic rings. The number of rotatable bonds is 5. The Morgan fingerprint density at radius 1 is 1.09 bits per heavy atom. The van der Waals surface area contributed by atoms with Crippen molar-refractivity contribution in [2.45, 2.75) is 13.3 Å². The Hall–Kier alpha value is -2.04. The van der Waals surface area contributed by atoms with Crippen LogP contribution in [0.25, 0.3) is 0 Å². The molecule has 1 N–H and O–H groups in total. The summed E-state index contributed by atoms with van der Waals surface area (Å²) in [6.07, 6.45) is 0.120. The van der Waals surface area contributed by atoms with E-state index in [0.717, 1.165) is 11.1 Å². The van der Waals surface area contributed by atoms with E-state index in [1.807, 2.05) is 31.2 Å². The zero-order valence-corrected chi connectivity index (χ0v) is 13.9. The van der Waals surface area contributed by atoms with Crippen LogP contribution in [0, 0.1) is 6.92 Å². The number of halogens is 2. The summed E-state index contributed by atoms with van der Waals surface area (Å²) in [5.41, 5.74) is 2.36. The number of aryl methyl sites for hydroxylation is 1. The number of ether oxygens (including phenoxy) is 1. The zero-order valence-electron chi connectivity index (χ0n) is 12.4. The lowest BCUT2D eigenvalue weighted by molar-refractivity contribution is -0.146. The van der Waals surface area contributed by atoms with Crippen LogP contribution in [0.3, 0.4) is 0 Å². The van der Waals surface area contributed by atoms with E-state index in [2.05, 4.69) is 5.32 Å². The first-order valence-corrected chi connectivity index (χ1v) is 7.66. The molecule has 120 valence electrons. The summed E-state index contributed by atoms with van der Waals surface area (Å²) < 4.78 is 4.95. The average Bonchev–Trinajstić information content (AvgIpc) is 2.50. The molecule has 0 aromatic heterocycles. The fourth-order valence-electron chi connectivity index (χ4n) is 1.85. The van der Waals surface area contributed by atoms with Crippen molar-refractivity contribution in [2.75, 3.05) is 11.9 Å². The summed E-state index contributed by atoms with van der Waals surface area (Å²) >= 11 is 11.7. The second-order valence-electron chi connectivity index (χ2n) is 5.00. The van der Waals surface area contributed by atoms with E-state index in [4.69, 9.17) is 27.9 Å². The third-order valence-corrected chi connectivity index (χ3v) is 3.59. The molecule has 0 fully saturated rings. The third kappa shape index (κ3) is 5.58. The second-order valence-corrected chi connectivity index (χ2v) is 5.84. The fourth-order valence-corrected chi connectivity index (χ4v) is 2.30. The lowest BCUT2D eigenvalue weighted by Crippen LogP contribution is -2.21. The molecule has 6 heteroatoms. The number of hydrogen-bond acceptors (Lipinski definition) is 3. The summed E-state index contributed by atoms with van der Waals surface area (Å²) in [7, 11) is 0. The van der Waals surface area contributed by atoms with Gasteiger partial charge in [0, 0.05) is 5.02 Å². The molecule has 2 rings (SSSR count). The molecule has 23 heavy (non-hydrogen) atoms. The van der Waals surface area contributed by atoms with Gasteiger partial charge in [-0.25, -0.2) is 0 Å². The first-order chi connectivity index (χ1) is 10.9. The highest BCUT2D eigenvalue weighted by atomic mass is 35.5. The maximum absolute atomic E-state index is 11.8. The van der Waals surface area contributed by atoms with Gasteiger partial charge >= 0.3 is 5.97 Å². The molecular weight excluding hydrogens is 337 g/mol. The van der Waals surface area contributed by atoms with Crippen LogP contribution in [-0.4, -0.2) is 18.5 Å². The molecule has 0 atom stereocenters. The maximum Gasteiger partial charge on any atom is 0.310 e. The summed E-state index contributed by atoms with van der Waals surface area (Å²) in [4.78, 5) is 23.5. The van der Waals surface area contributed by atoms with Crippen molar-refractivity contribution in [3.8, 4) is 0 Å². The highest BCUT2D eigenvalue weighted by Crippen LogP contribution is 2.25. The third-order valence-electron chi connectivity index (χ3n) is 3.04. The zero-order chi connectivity index (χ0) is 16.8. The Labute approximate surface area is 144 Å². The van der Waals surface area contributed by atoms with Crippen LogP contribution in [0.15, 0.2) is 42.5 Å². The van der Waals surface area contributed by atoms with Crippen molar-refractivity contribution in [1.29, 1.82) is 0 Å². The van der Waals surface area contributed by atoms with Crippen LogP contribution in [0.2, 0.25) is 10.0 Å². The minimum atomic E-state index is -0.466. The van der Waals surface area contributed by atoms with Crippen LogP contribution in [0.5, 0.6) is 0 Å². The van der Waals surface area contributed by atoms with Crippen molar-refractivity contribution in [3.63, 3.8) is 0 Å². The number of esters is 1. The lowest BCUT2D eigenvalue weighted by atomic mass is 10.1. The molecule has 0 spiro atoms. The van der Waals surface area contributed by atoms with Gasteiger partial charge in [-0.1, -0.05) is 53.0 Å². The van der Waals surface area contributed by atoms with E-state index in [1.165, 1.54) is 6.07 Å². The van der Waals surface area contributed by atoms with Crippen molar-refractivity contribution in [2.24, 2.45) is 0 Å². The van der Waals surface area contributed by atoms with Gasteiger partial charge in [-0.2, -0.15) is 0 Å². The SMILES string of the molecule is Cc1ccc(CC(=O)OCC(=O)Nc2ccc(Cl)cc2Cl)cc1. The molecule has 0 aliphatic rings. The number of anilines is 1. The van der Waals surface area contributed by atoms with Crippen molar-refractivity contribution >= 4 is 40.8 Å². The van der Waals surface area contributed by atoms with Gasteiger partial charge in [0.25, 0.3) is 5.91 Å². The predicted octanol–water partition coefficient (Wildman–Crippen LogP) is 4.03. The van der Waals surface area contributed by atoms with Crippen molar-refractivity contribution in [3.05, 3.63) is 63.6 Å². The Kier molecular flexibility index (Phi) is 6.02. The first kappa shape index (κ1) is 17.3. The minimum Gasteiger partial charge on any atom is -0.455 e. The number of nitrogens with one attached hydrogen (secondary N) is 1. The fraction of sp³-hybridized carbons (Fsp3) is 0.176. The van der Waals surface area contributed by atoms with Gasteiger partial charge in [0.1, 0.15) is 0 Å². The number of carbonyl (C=O) groups is 2. The van der Waals surface area contributed by atoms with Crippen LogP contribution >= 0.6 is 23.2 Å². The molecule has 0 bridgehead atoms. The Morgan fingerprint density at radius 2 is 1.78 bits per heavy atom. The van der Waals surface area contributed by atoms with Crippen molar-refractivity contribution in [1.82, 2.24) is 0 Å². The molecule has 0 saturated carbocycles. The topological polar surface area (TPSA) is 55.4 Å². The highest BCUT2D eigenvalue weighted by Gasteiger charge is 2.10. The molecule has 0 radical (unpaired) electrons. The first-order valence-electron chi connectivity index (χ1n) is 6.90. The molecule has 4 nitrogen and oxygen atoms in total. The van der Waals surface area contributed by atoms with E-state index < -0.39 is 11.9 Å². The minimum absolute atomic E-state index is 0.120. The maximum atomic E-state index is 11.8. The molecule has 0 aliphatic carbocycles. The second kappa shape index (κ2) is 7.99. The Morgan fingerprint density at radius 3 is 2.43 bits per heavy atom. The van der Waals surface area contributed by atoms with E-state index in [-0.39, 0.29) is 13.0 Å². The summed E-state index contributed by atoms with van der Waals surface area (Å²) in [5.74, 6) is -0.933. The summed E-state index contributed by atoms with van der Waals surface area (Å²) in [6.45, 7) is 1.60. The molecular formula is C17H15Cl2NO3. The van der Waals surface area contributed by atoms with Crippen molar-refractivity contribution < 1.29 is 14.3 Å². The number of benzene rings is 2. The van der Waals surface area contributed by atoms with Gasteiger partial charge in [0.15, 0.2) is 6.61 Å².